The number of fused-ring (bicyclic) bond motifs is 1. The molecule has 3 amide bonds. The van der Waals surface area contributed by atoms with E-state index in [0.29, 0.717) is 13.0 Å². The first-order valence-electron chi connectivity index (χ1n) is 10.8. The van der Waals surface area contributed by atoms with Crippen molar-refractivity contribution in [2.24, 2.45) is 17.8 Å². The van der Waals surface area contributed by atoms with Crippen LogP contribution < -0.4 is 10.6 Å². The summed E-state index contributed by atoms with van der Waals surface area (Å²) in [5.74, 6) is -2.12. The lowest BCUT2D eigenvalue weighted by molar-refractivity contribution is -0.150. The Morgan fingerprint density at radius 3 is 2.52 bits per heavy atom. The Balaban J connectivity index is 2.09. The minimum Gasteiger partial charge on any atom is -0.394 e. The Bertz CT molecular complexity index is 698. The molecular weight excluding hydrogens is 374 g/mol. The lowest BCUT2D eigenvalue weighted by Crippen LogP contribution is -2.58. The highest BCUT2D eigenvalue weighted by molar-refractivity contribution is 5.99. The topological polar surface area (TPSA) is 108 Å². The molecule has 8 heteroatoms. The summed E-state index contributed by atoms with van der Waals surface area (Å²) in [6.07, 6.45) is 1.32. The van der Waals surface area contributed by atoms with Gasteiger partial charge >= 0.3 is 0 Å². The van der Waals surface area contributed by atoms with E-state index in [-0.39, 0.29) is 36.3 Å². The zero-order valence-corrected chi connectivity index (χ0v) is 18.3. The molecule has 164 valence electrons. The van der Waals surface area contributed by atoms with Crippen LogP contribution in [0.4, 0.5) is 0 Å². The summed E-state index contributed by atoms with van der Waals surface area (Å²) in [7, 11) is 0. The molecule has 7 atom stereocenters. The largest absolute Gasteiger partial charge is 0.394 e. The van der Waals surface area contributed by atoms with E-state index in [9.17, 15) is 19.5 Å². The average Bonchev–Trinajstić information content (AvgIpc) is 3.15. The highest BCUT2D eigenvalue weighted by Crippen LogP contribution is 2.65. The molecule has 8 nitrogen and oxygen atoms in total. The van der Waals surface area contributed by atoms with Gasteiger partial charge in [0.2, 0.25) is 17.7 Å². The number of aliphatic hydroxyl groups excluding tert-OH is 1. The van der Waals surface area contributed by atoms with Crippen molar-refractivity contribution in [2.75, 3.05) is 13.2 Å². The minimum atomic E-state index is -1.05. The van der Waals surface area contributed by atoms with Gasteiger partial charge in [0, 0.05) is 12.6 Å². The van der Waals surface area contributed by atoms with Crippen LogP contribution in [0.2, 0.25) is 0 Å². The van der Waals surface area contributed by atoms with Gasteiger partial charge < -0.3 is 25.4 Å². The van der Waals surface area contributed by atoms with E-state index >= 15 is 0 Å². The van der Waals surface area contributed by atoms with Crippen molar-refractivity contribution in [1.82, 2.24) is 15.5 Å². The summed E-state index contributed by atoms with van der Waals surface area (Å²) in [4.78, 5) is 41.4. The fraction of sp³-hybridized carbons (Fsp3) is 0.857. The Kier molecular flexibility index (Phi) is 5.73. The van der Waals surface area contributed by atoms with E-state index in [1.165, 1.54) is 4.90 Å². The molecule has 0 aromatic heterocycles. The van der Waals surface area contributed by atoms with Crippen LogP contribution in [-0.4, -0.2) is 70.2 Å². The van der Waals surface area contributed by atoms with E-state index < -0.39 is 35.1 Å². The molecule has 3 heterocycles. The van der Waals surface area contributed by atoms with Crippen LogP contribution in [0.25, 0.3) is 0 Å². The van der Waals surface area contributed by atoms with Crippen LogP contribution in [0.5, 0.6) is 0 Å². The zero-order valence-electron chi connectivity index (χ0n) is 18.3. The molecule has 0 saturated carbocycles. The first-order valence-corrected chi connectivity index (χ1v) is 10.8. The third kappa shape index (κ3) is 3.06. The molecule has 0 radical (unpaired) electrons. The van der Waals surface area contributed by atoms with Gasteiger partial charge in [0.25, 0.3) is 0 Å². The second-order valence-electron chi connectivity index (χ2n) is 9.44. The number of aliphatic hydroxyl groups is 1. The molecule has 3 saturated heterocycles. The molecule has 3 aliphatic rings. The Morgan fingerprint density at radius 1 is 1.31 bits per heavy atom. The van der Waals surface area contributed by atoms with Crippen molar-refractivity contribution in [3.05, 3.63) is 0 Å². The monoisotopic (exact) mass is 409 g/mol. The number of carbonyl (C=O) groups excluding carboxylic acids is 3. The number of amides is 3. The van der Waals surface area contributed by atoms with Crippen molar-refractivity contribution in [2.45, 2.75) is 83.7 Å². The van der Waals surface area contributed by atoms with E-state index in [1.807, 2.05) is 34.6 Å². The van der Waals surface area contributed by atoms with Gasteiger partial charge in [-0.15, -0.1) is 0 Å². The maximum absolute atomic E-state index is 13.6. The smallest absolute Gasteiger partial charge is 0.246 e. The fourth-order valence-electron chi connectivity index (χ4n) is 5.66. The standard InChI is InChI=1S/C21H35N3O5/c1-7-8-22-17(26)14-15-19(28)24(13(5)10-25)16(18(27)23-11(2)3)21(15)9-12(4)20(14,6)29-21/h11-16,25H,7-10H2,1-6H3,(H,22,26)(H,23,27)/t12?,13-,14+,15+,16?,20-,21?/m1/s1. The van der Waals surface area contributed by atoms with E-state index in [0.717, 1.165) is 6.42 Å². The predicted octanol–water partition coefficient (Wildman–Crippen LogP) is 0.429. The molecular formula is C21H35N3O5. The number of likely N-dealkylation sites (tertiary alicyclic amines) is 1. The normalized spacial score (nSPS) is 39.0. The van der Waals surface area contributed by atoms with Crippen LogP contribution in [0.15, 0.2) is 0 Å². The van der Waals surface area contributed by atoms with Crippen molar-refractivity contribution in [3.63, 3.8) is 0 Å². The number of ether oxygens (including phenoxy) is 1. The molecule has 1 spiro atoms. The number of nitrogens with zero attached hydrogens (tertiary/aromatic N) is 1. The predicted molar refractivity (Wildman–Crippen MR) is 107 cm³/mol. The van der Waals surface area contributed by atoms with Crippen molar-refractivity contribution < 1.29 is 24.2 Å². The van der Waals surface area contributed by atoms with Crippen LogP contribution in [0.1, 0.15) is 54.4 Å². The third-order valence-electron chi connectivity index (χ3n) is 7.00. The Morgan fingerprint density at radius 2 is 1.97 bits per heavy atom. The third-order valence-corrected chi connectivity index (χ3v) is 7.00. The number of nitrogens with one attached hydrogen (secondary N) is 2. The Labute approximate surface area is 172 Å². The molecule has 0 aliphatic carbocycles. The zero-order chi connectivity index (χ0) is 21.7. The van der Waals surface area contributed by atoms with Gasteiger partial charge in [-0.05, 0) is 46.5 Å². The van der Waals surface area contributed by atoms with Gasteiger partial charge in [-0.25, -0.2) is 0 Å². The molecule has 3 fully saturated rings. The maximum atomic E-state index is 13.6. The lowest BCUT2D eigenvalue weighted by Gasteiger charge is -2.36. The second-order valence-corrected chi connectivity index (χ2v) is 9.44. The van der Waals surface area contributed by atoms with E-state index in [2.05, 4.69) is 10.6 Å². The molecule has 0 aromatic carbocycles. The maximum Gasteiger partial charge on any atom is 0.246 e. The molecule has 2 bridgehead atoms. The second kappa shape index (κ2) is 7.54. The van der Waals surface area contributed by atoms with Crippen molar-refractivity contribution in [1.29, 1.82) is 0 Å². The van der Waals surface area contributed by atoms with Gasteiger partial charge in [-0.1, -0.05) is 13.8 Å². The highest BCUT2D eigenvalue weighted by atomic mass is 16.5. The van der Waals surface area contributed by atoms with Crippen LogP contribution in [0.3, 0.4) is 0 Å². The van der Waals surface area contributed by atoms with Gasteiger partial charge in [0.1, 0.15) is 11.6 Å². The molecule has 29 heavy (non-hydrogen) atoms. The molecule has 3 unspecified atom stereocenters. The van der Waals surface area contributed by atoms with Gasteiger partial charge in [-0.3, -0.25) is 14.4 Å². The SMILES string of the molecule is CCCNC(=O)[C@@H]1[C@H]2C(=O)N([C@H](C)CO)C(C(=O)NC(C)C)C23CC(C)[C@@]1(C)O3. The number of hydrogen-bond acceptors (Lipinski definition) is 5. The summed E-state index contributed by atoms with van der Waals surface area (Å²) in [5, 5.41) is 15.6. The van der Waals surface area contributed by atoms with Crippen LogP contribution in [-0.2, 0) is 19.1 Å². The summed E-state index contributed by atoms with van der Waals surface area (Å²) in [5.41, 5.74) is -1.86. The van der Waals surface area contributed by atoms with Crippen LogP contribution in [0, 0.1) is 17.8 Å². The number of hydrogen-bond donors (Lipinski definition) is 3. The minimum absolute atomic E-state index is 0.0164. The Hall–Kier alpha value is -1.67. The van der Waals surface area contributed by atoms with Crippen molar-refractivity contribution >= 4 is 17.7 Å². The first-order chi connectivity index (χ1) is 13.5. The highest BCUT2D eigenvalue weighted by Gasteiger charge is 2.80. The van der Waals surface area contributed by atoms with Crippen molar-refractivity contribution in [3.8, 4) is 0 Å². The average molecular weight is 410 g/mol. The molecule has 3 N–H and O–H groups in total. The molecule has 3 rings (SSSR count). The summed E-state index contributed by atoms with van der Waals surface area (Å²) in [6, 6.07) is -1.51. The fourth-order valence-corrected chi connectivity index (χ4v) is 5.66. The van der Waals surface area contributed by atoms with Crippen LogP contribution >= 0.6 is 0 Å². The molecule has 0 aromatic rings. The summed E-state index contributed by atoms with van der Waals surface area (Å²) >= 11 is 0. The number of carbonyl (C=O) groups is 3. The van der Waals surface area contributed by atoms with Gasteiger partial charge in [0.05, 0.1) is 30.1 Å². The summed E-state index contributed by atoms with van der Waals surface area (Å²) < 4.78 is 6.54. The molecule has 3 aliphatic heterocycles. The lowest BCUT2D eigenvalue weighted by atomic mass is 9.62. The quantitative estimate of drug-likeness (QED) is 0.565. The van der Waals surface area contributed by atoms with Gasteiger partial charge in [0.15, 0.2) is 0 Å². The van der Waals surface area contributed by atoms with E-state index in [4.69, 9.17) is 4.74 Å². The number of rotatable bonds is 7. The van der Waals surface area contributed by atoms with Gasteiger partial charge in [-0.2, -0.15) is 0 Å². The van der Waals surface area contributed by atoms with E-state index in [1.54, 1.807) is 6.92 Å². The first kappa shape index (κ1) is 22.0. The summed E-state index contributed by atoms with van der Waals surface area (Å²) in [6.45, 7) is 11.6.